The number of thioether (sulfide) groups is 1. The topological polar surface area (TPSA) is 12.0 Å². The van der Waals surface area contributed by atoms with Gasteiger partial charge in [0.15, 0.2) is 0 Å². The van der Waals surface area contributed by atoms with Crippen LogP contribution in [0, 0.1) is 5.92 Å². The smallest absolute Gasteiger partial charge is 0.0186 e. The molecule has 1 atom stereocenters. The van der Waals surface area contributed by atoms with E-state index in [0.717, 1.165) is 18.5 Å². The van der Waals surface area contributed by atoms with Gasteiger partial charge < -0.3 is 5.32 Å². The van der Waals surface area contributed by atoms with Crippen LogP contribution >= 0.6 is 11.8 Å². The second-order valence-electron chi connectivity index (χ2n) is 3.82. The number of nitrogens with one attached hydrogen (secondary N) is 1. The van der Waals surface area contributed by atoms with E-state index >= 15 is 0 Å². The van der Waals surface area contributed by atoms with Crippen molar-refractivity contribution in [3.8, 4) is 0 Å². The fourth-order valence-corrected chi connectivity index (χ4v) is 2.94. The Balaban J connectivity index is 3.85. The van der Waals surface area contributed by atoms with E-state index in [4.69, 9.17) is 0 Å². The molecule has 86 valence electrons. The summed E-state index contributed by atoms with van der Waals surface area (Å²) in [5, 5.41) is 3.62. The maximum absolute atomic E-state index is 3.62. The van der Waals surface area contributed by atoms with Gasteiger partial charge in [-0.2, -0.15) is 11.8 Å². The van der Waals surface area contributed by atoms with Crippen molar-refractivity contribution in [2.24, 2.45) is 5.92 Å². The molecule has 0 aliphatic carbocycles. The summed E-state index contributed by atoms with van der Waals surface area (Å²) in [6.07, 6.45) is 3.91. The highest BCUT2D eigenvalue weighted by Crippen LogP contribution is 2.17. The van der Waals surface area contributed by atoms with Crippen molar-refractivity contribution >= 4 is 11.8 Å². The molecule has 1 nitrogen and oxygen atoms in total. The summed E-state index contributed by atoms with van der Waals surface area (Å²) < 4.78 is 0. The first-order chi connectivity index (χ1) is 6.79. The van der Waals surface area contributed by atoms with Crippen molar-refractivity contribution in [1.82, 2.24) is 5.32 Å². The Morgan fingerprint density at radius 1 is 1.07 bits per heavy atom. The Kier molecular flexibility index (Phi) is 10.1. The number of hydrogen-bond donors (Lipinski definition) is 1. The molecule has 0 spiro atoms. The van der Waals surface area contributed by atoms with Crippen LogP contribution in [0.25, 0.3) is 0 Å². The number of rotatable bonds is 9. The van der Waals surface area contributed by atoms with Gasteiger partial charge in [0, 0.05) is 11.8 Å². The molecular formula is C12H27NS. The first kappa shape index (κ1) is 14.3. The summed E-state index contributed by atoms with van der Waals surface area (Å²) in [7, 11) is 0. The highest BCUT2D eigenvalue weighted by Gasteiger charge is 2.16. The zero-order chi connectivity index (χ0) is 10.8. The zero-order valence-electron chi connectivity index (χ0n) is 10.3. The summed E-state index contributed by atoms with van der Waals surface area (Å²) in [4.78, 5) is 0. The van der Waals surface area contributed by atoms with E-state index in [2.05, 4.69) is 44.8 Å². The van der Waals surface area contributed by atoms with Crippen molar-refractivity contribution in [3.63, 3.8) is 0 Å². The second kappa shape index (κ2) is 9.85. The monoisotopic (exact) mass is 217 g/mol. The summed E-state index contributed by atoms with van der Waals surface area (Å²) >= 11 is 2.10. The van der Waals surface area contributed by atoms with Crippen molar-refractivity contribution in [2.75, 3.05) is 18.1 Å². The Morgan fingerprint density at radius 3 is 2.14 bits per heavy atom. The maximum Gasteiger partial charge on any atom is 0.0186 e. The molecular weight excluding hydrogens is 190 g/mol. The fraction of sp³-hybridized carbons (Fsp3) is 1.00. The molecule has 0 heterocycles. The first-order valence-corrected chi connectivity index (χ1v) is 7.26. The van der Waals surface area contributed by atoms with Crippen molar-refractivity contribution < 1.29 is 0 Å². The van der Waals surface area contributed by atoms with Gasteiger partial charge in [-0.15, -0.1) is 0 Å². The van der Waals surface area contributed by atoms with E-state index in [1.54, 1.807) is 0 Å². The van der Waals surface area contributed by atoms with Crippen LogP contribution < -0.4 is 5.32 Å². The third kappa shape index (κ3) is 5.92. The molecule has 0 bridgehead atoms. The first-order valence-electron chi connectivity index (χ1n) is 6.11. The van der Waals surface area contributed by atoms with Gasteiger partial charge in [0.2, 0.25) is 0 Å². The van der Waals surface area contributed by atoms with E-state index in [1.165, 1.54) is 30.8 Å². The molecule has 0 aromatic heterocycles. The third-order valence-electron chi connectivity index (χ3n) is 2.73. The Bertz CT molecular complexity index is 113. The van der Waals surface area contributed by atoms with Crippen LogP contribution in [-0.4, -0.2) is 24.1 Å². The molecule has 2 heteroatoms. The summed E-state index contributed by atoms with van der Waals surface area (Å²) in [6, 6.07) is 0.728. The van der Waals surface area contributed by atoms with Gasteiger partial charge in [-0.25, -0.2) is 0 Å². The number of hydrogen-bond acceptors (Lipinski definition) is 2. The predicted octanol–water partition coefficient (Wildman–Crippen LogP) is 3.54. The average Bonchev–Trinajstić information content (AvgIpc) is 2.20. The lowest BCUT2D eigenvalue weighted by molar-refractivity contribution is 0.365. The Hall–Kier alpha value is 0.310. The standard InChI is InChI=1S/C12H27NS/c1-5-9-14-10-12(13-8-4)11(6-2)7-3/h11-13H,5-10H2,1-4H3. The van der Waals surface area contributed by atoms with Crippen LogP contribution in [0.3, 0.4) is 0 Å². The Morgan fingerprint density at radius 2 is 1.71 bits per heavy atom. The minimum absolute atomic E-state index is 0.728. The van der Waals surface area contributed by atoms with E-state index in [-0.39, 0.29) is 0 Å². The van der Waals surface area contributed by atoms with Crippen LogP contribution in [0.5, 0.6) is 0 Å². The minimum Gasteiger partial charge on any atom is -0.313 e. The third-order valence-corrected chi connectivity index (χ3v) is 4.02. The molecule has 0 rings (SSSR count). The molecule has 0 radical (unpaired) electrons. The SMILES string of the molecule is CCCSCC(NCC)C(CC)CC. The molecule has 0 aromatic rings. The van der Waals surface area contributed by atoms with Crippen LogP contribution in [-0.2, 0) is 0 Å². The predicted molar refractivity (Wildman–Crippen MR) is 69.2 cm³/mol. The molecule has 1 N–H and O–H groups in total. The largest absolute Gasteiger partial charge is 0.313 e. The van der Waals surface area contributed by atoms with Crippen LogP contribution in [0.1, 0.15) is 47.0 Å². The van der Waals surface area contributed by atoms with E-state index in [1.807, 2.05) is 0 Å². The maximum atomic E-state index is 3.62. The van der Waals surface area contributed by atoms with E-state index in [0.29, 0.717) is 0 Å². The lowest BCUT2D eigenvalue weighted by Gasteiger charge is -2.25. The molecule has 0 saturated carbocycles. The van der Waals surface area contributed by atoms with Crippen molar-refractivity contribution in [3.05, 3.63) is 0 Å². The quantitative estimate of drug-likeness (QED) is 0.593. The highest BCUT2D eigenvalue weighted by atomic mass is 32.2. The van der Waals surface area contributed by atoms with Gasteiger partial charge >= 0.3 is 0 Å². The fourth-order valence-electron chi connectivity index (χ4n) is 1.84. The molecule has 0 saturated heterocycles. The van der Waals surface area contributed by atoms with Gasteiger partial charge in [0.25, 0.3) is 0 Å². The molecule has 0 aliphatic rings. The summed E-state index contributed by atoms with van der Waals surface area (Å²) in [6.45, 7) is 10.2. The molecule has 0 amide bonds. The van der Waals surface area contributed by atoms with Gasteiger partial charge in [0.05, 0.1) is 0 Å². The lowest BCUT2D eigenvalue weighted by Crippen LogP contribution is -2.37. The molecule has 0 aliphatic heterocycles. The van der Waals surface area contributed by atoms with Crippen LogP contribution in [0.15, 0.2) is 0 Å². The molecule has 1 unspecified atom stereocenters. The van der Waals surface area contributed by atoms with Crippen molar-refractivity contribution in [1.29, 1.82) is 0 Å². The normalized spacial score (nSPS) is 13.5. The minimum atomic E-state index is 0.728. The second-order valence-corrected chi connectivity index (χ2v) is 4.97. The van der Waals surface area contributed by atoms with Gasteiger partial charge in [-0.05, 0) is 24.6 Å². The van der Waals surface area contributed by atoms with Crippen molar-refractivity contribution in [2.45, 2.75) is 53.0 Å². The van der Waals surface area contributed by atoms with Gasteiger partial charge in [-0.3, -0.25) is 0 Å². The van der Waals surface area contributed by atoms with E-state index in [9.17, 15) is 0 Å². The average molecular weight is 217 g/mol. The Labute approximate surface area is 94.4 Å². The molecule has 0 fully saturated rings. The lowest BCUT2D eigenvalue weighted by atomic mass is 9.95. The summed E-state index contributed by atoms with van der Waals surface area (Å²) in [5.74, 6) is 3.45. The van der Waals surface area contributed by atoms with Gasteiger partial charge in [0.1, 0.15) is 0 Å². The molecule has 0 aromatic carbocycles. The highest BCUT2D eigenvalue weighted by molar-refractivity contribution is 7.99. The molecule has 14 heavy (non-hydrogen) atoms. The van der Waals surface area contributed by atoms with E-state index < -0.39 is 0 Å². The van der Waals surface area contributed by atoms with Crippen LogP contribution in [0.2, 0.25) is 0 Å². The zero-order valence-corrected chi connectivity index (χ0v) is 11.1. The van der Waals surface area contributed by atoms with Gasteiger partial charge in [-0.1, -0.05) is 40.5 Å². The van der Waals surface area contributed by atoms with Crippen LogP contribution in [0.4, 0.5) is 0 Å². The summed E-state index contributed by atoms with van der Waals surface area (Å²) in [5.41, 5.74) is 0.